The average molecular weight is 513 g/mol. The molecular formula is C29H31F3N2O3. The summed E-state index contributed by atoms with van der Waals surface area (Å²) in [6, 6.07) is 9.19. The van der Waals surface area contributed by atoms with Crippen LogP contribution in [0.1, 0.15) is 47.7 Å². The van der Waals surface area contributed by atoms with Crippen LogP contribution in [0, 0.1) is 5.92 Å². The van der Waals surface area contributed by atoms with Gasteiger partial charge in [0.1, 0.15) is 0 Å². The van der Waals surface area contributed by atoms with E-state index in [9.17, 15) is 18.0 Å². The Balaban J connectivity index is 1.40. The van der Waals surface area contributed by atoms with E-state index in [1.165, 1.54) is 17.7 Å². The monoisotopic (exact) mass is 512 g/mol. The van der Waals surface area contributed by atoms with Gasteiger partial charge in [-0.05, 0) is 80.0 Å². The quantitative estimate of drug-likeness (QED) is 0.526. The molecule has 37 heavy (non-hydrogen) atoms. The number of rotatable bonds is 4. The van der Waals surface area contributed by atoms with Crippen molar-refractivity contribution in [1.82, 2.24) is 4.90 Å². The lowest BCUT2D eigenvalue weighted by Gasteiger charge is -2.47. The van der Waals surface area contributed by atoms with Gasteiger partial charge in [-0.1, -0.05) is 24.3 Å². The minimum atomic E-state index is -4.41. The third-order valence-corrected chi connectivity index (χ3v) is 7.69. The number of fused-ring (bicyclic) bond motifs is 4. The molecule has 1 spiro atoms. The van der Waals surface area contributed by atoms with E-state index in [2.05, 4.69) is 23.5 Å². The largest absolute Gasteiger partial charge is 0.493 e. The number of hydrogen-bond acceptors (Lipinski definition) is 4. The van der Waals surface area contributed by atoms with Crippen LogP contribution < -0.4 is 14.8 Å². The second kappa shape index (κ2) is 9.80. The highest BCUT2D eigenvalue weighted by molar-refractivity contribution is 5.95. The van der Waals surface area contributed by atoms with Crippen molar-refractivity contribution in [1.29, 1.82) is 0 Å². The fourth-order valence-corrected chi connectivity index (χ4v) is 5.71. The highest BCUT2D eigenvalue weighted by atomic mass is 19.4. The van der Waals surface area contributed by atoms with Gasteiger partial charge in [-0.3, -0.25) is 4.79 Å². The van der Waals surface area contributed by atoms with E-state index >= 15 is 0 Å². The number of nitrogens with one attached hydrogen (secondary N) is 1. The summed E-state index contributed by atoms with van der Waals surface area (Å²) in [6.45, 7) is 3.35. The van der Waals surface area contributed by atoms with Crippen LogP contribution in [0.2, 0.25) is 0 Å². The van der Waals surface area contributed by atoms with Crippen molar-refractivity contribution in [3.05, 3.63) is 76.9 Å². The lowest BCUT2D eigenvalue weighted by molar-refractivity contribution is -0.137. The number of alkyl halides is 3. The number of benzene rings is 2. The zero-order chi connectivity index (χ0) is 26.2. The number of anilines is 1. The first-order valence-corrected chi connectivity index (χ1v) is 12.7. The van der Waals surface area contributed by atoms with E-state index in [-0.39, 0.29) is 11.8 Å². The molecule has 1 amide bonds. The number of likely N-dealkylation sites (tertiary alicyclic amines) is 1. The molecule has 2 heterocycles. The molecule has 1 atom stereocenters. The molecule has 1 saturated heterocycles. The number of allylic oxidation sites excluding steroid dienone is 3. The van der Waals surface area contributed by atoms with Crippen molar-refractivity contribution in [2.24, 2.45) is 5.92 Å². The summed E-state index contributed by atoms with van der Waals surface area (Å²) in [5.41, 5.74) is 1.98. The molecule has 2 aliphatic heterocycles. The van der Waals surface area contributed by atoms with E-state index in [0.717, 1.165) is 12.0 Å². The van der Waals surface area contributed by atoms with Gasteiger partial charge in [0.05, 0.1) is 24.8 Å². The van der Waals surface area contributed by atoms with Crippen LogP contribution in [0.25, 0.3) is 0 Å². The molecule has 1 aliphatic carbocycles. The molecule has 1 fully saturated rings. The Bertz CT molecular complexity index is 1240. The Morgan fingerprint density at radius 2 is 1.89 bits per heavy atom. The van der Waals surface area contributed by atoms with E-state index in [0.29, 0.717) is 61.7 Å². The Morgan fingerprint density at radius 3 is 2.59 bits per heavy atom. The maximum absolute atomic E-state index is 13.5. The van der Waals surface area contributed by atoms with E-state index in [4.69, 9.17) is 9.47 Å². The third kappa shape index (κ3) is 4.93. The number of halogens is 3. The second-order valence-electron chi connectivity index (χ2n) is 9.91. The van der Waals surface area contributed by atoms with Crippen molar-refractivity contribution in [3.63, 3.8) is 0 Å². The lowest BCUT2D eigenvalue weighted by atomic mass is 9.72. The van der Waals surface area contributed by atoms with Crippen molar-refractivity contribution >= 4 is 11.6 Å². The Hall–Kier alpha value is -3.42. The SMILES string of the molecule is CCOc1ccc(C(=O)N2CCC3(CC2)Nc2cc(C(F)(F)F)ccc2CC2C=CC=C3C2)cc1OC. The fraction of sp³-hybridized carbons (Fsp3) is 0.414. The zero-order valence-electron chi connectivity index (χ0n) is 21.0. The Kier molecular flexibility index (Phi) is 6.68. The lowest BCUT2D eigenvalue weighted by Crippen LogP contribution is -2.53. The number of methoxy groups -OCH3 is 1. The van der Waals surface area contributed by atoms with E-state index < -0.39 is 17.3 Å². The first kappa shape index (κ1) is 25.2. The second-order valence-corrected chi connectivity index (χ2v) is 9.91. The highest BCUT2D eigenvalue weighted by Gasteiger charge is 2.42. The number of amides is 1. The molecule has 5 nitrogen and oxygen atoms in total. The molecule has 8 heteroatoms. The van der Waals surface area contributed by atoms with Crippen LogP contribution in [0.15, 0.2) is 60.2 Å². The molecular weight excluding hydrogens is 481 g/mol. The van der Waals surface area contributed by atoms with Crippen molar-refractivity contribution in [2.75, 3.05) is 32.1 Å². The molecule has 1 N–H and O–H groups in total. The van der Waals surface area contributed by atoms with Crippen molar-refractivity contribution in [2.45, 2.75) is 44.3 Å². The molecule has 5 rings (SSSR count). The van der Waals surface area contributed by atoms with Crippen molar-refractivity contribution in [3.8, 4) is 11.5 Å². The van der Waals surface area contributed by atoms with Gasteiger partial charge in [-0.15, -0.1) is 0 Å². The normalized spacial score (nSPS) is 20.3. The number of hydrogen-bond donors (Lipinski definition) is 1. The van der Waals surface area contributed by atoms with E-state index in [1.54, 1.807) is 31.4 Å². The van der Waals surface area contributed by atoms with Gasteiger partial charge in [0.25, 0.3) is 5.91 Å². The van der Waals surface area contributed by atoms with Gasteiger partial charge in [0.15, 0.2) is 11.5 Å². The Labute approximate surface area is 214 Å². The van der Waals surface area contributed by atoms with Gasteiger partial charge >= 0.3 is 6.18 Å². The topological polar surface area (TPSA) is 50.8 Å². The van der Waals surface area contributed by atoms with Gasteiger partial charge in [-0.2, -0.15) is 13.2 Å². The minimum Gasteiger partial charge on any atom is -0.493 e. The number of carbonyl (C=O) groups excluding carboxylic acids is 1. The highest BCUT2D eigenvalue weighted by Crippen LogP contribution is 2.44. The number of piperidine rings is 1. The van der Waals surface area contributed by atoms with Crippen LogP contribution in [0.3, 0.4) is 0 Å². The molecule has 2 aromatic carbocycles. The molecule has 0 saturated carbocycles. The molecule has 0 aromatic heterocycles. The number of nitrogens with zero attached hydrogens (tertiary/aromatic N) is 1. The molecule has 0 radical (unpaired) electrons. The minimum absolute atomic E-state index is 0.0998. The standard InChI is InChI=1S/C29H31F3N2O3/c1-3-37-25-10-8-21(17-26(25)36-2)27(35)34-13-11-28(12-14-34)22-6-4-5-19(16-22)15-20-7-9-23(29(30,31)32)18-24(20)33-28/h4-10,17-19,33H,3,11-16H2,1-2H3. The van der Waals surface area contributed by atoms with Gasteiger partial charge in [0, 0.05) is 24.3 Å². The average Bonchev–Trinajstić information content (AvgIpc) is 2.89. The smallest absolute Gasteiger partial charge is 0.416 e. The molecule has 2 aromatic rings. The summed E-state index contributed by atoms with van der Waals surface area (Å²) in [5.74, 6) is 1.23. The third-order valence-electron chi connectivity index (χ3n) is 7.69. The van der Waals surface area contributed by atoms with Gasteiger partial charge < -0.3 is 19.7 Å². The summed E-state index contributed by atoms with van der Waals surface area (Å²) in [7, 11) is 1.54. The maximum Gasteiger partial charge on any atom is 0.416 e. The molecule has 1 unspecified atom stereocenters. The van der Waals surface area contributed by atoms with Crippen LogP contribution in [0.5, 0.6) is 11.5 Å². The Morgan fingerprint density at radius 1 is 1.11 bits per heavy atom. The molecule has 196 valence electrons. The molecule has 2 bridgehead atoms. The number of carbonyl (C=O) groups is 1. The summed E-state index contributed by atoms with van der Waals surface area (Å²) < 4.78 is 51.5. The molecule has 3 aliphatic rings. The summed E-state index contributed by atoms with van der Waals surface area (Å²) in [6.07, 6.45) is 4.65. The summed E-state index contributed by atoms with van der Waals surface area (Å²) in [4.78, 5) is 15.2. The maximum atomic E-state index is 13.5. The zero-order valence-corrected chi connectivity index (χ0v) is 21.0. The predicted molar refractivity (Wildman–Crippen MR) is 136 cm³/mol. The summed E-state index contributed by atoms with van der Waals surface area (Å²) >= 11 is 0. The van der Waals surface area contributed by atoms with Crippen LogP contribution in [0.4, 0.5) is 18.9 Å². The number of ether oxygens (including phenoxy) is 2. The first-order valence-electron chi connectivity index (χ1n) is 12.7. The fourth-order valence-electron chi connectivity index (χ4n) is 5.71. The van der Waals surface area contributed by atoms with Crippen LogP contribution >= 0.6 is 0 Å². The predicted octanol–water partition coefficient (Wildman–Crippen LogP) is 6.26. The van der Waals surface area contributed by atoms with Crippen LogP contribution in [-0.2, 0) is 12.6 Å². The van der Waals surface area contributed by atoms with Gasteiger partial charge in [-0.25, -0.2) is 0 Å². The van der Waals surface area contributed by atoms with Crippen molar-refractivity contribution < 1.29 is 27.4 Å². The van der Waals surface area contributed by atoms with Gasteiger partial charge in [0.2, 0.25) is 0 Å². The summed E-state index contributed by atoms with van der Waals surface area (Å²) in [5, 5.41) is 3.55. The van der Waals surface area contributed by atoms with Crippen LogP contribution in [-0.4, -0.2) is 43.2 Å². The van der Waals surface area contributed by atoms with E-state index in [1.807, 2.05) is 11.8 Å². The first-order chi connectivity index (χ1) is 17.7.